The van der Waals surface area contributed by atoms with E-state index in [1.807, 2.05) is 18.2 Å². The summed E-state index contributed by atoms with van der Waals surface area (Å²) in [6, 6.07) is 14.5. The lowest BCUT2D eigenvalue weighted by Gasteiger charge is -2.16. The minimum absolute atomic E-state index is 0.0519. The van der Waals surface area contributed by atoms with Gasteiger partial charge in [-0.2, -0.15) is 0 Å². The molecule has 25 heavy (non-hydrogen) atoms. The van der Waals surface area contributed by atoms with Crippen LogP contribution in [-0.4, -0.2) is 24.3 Å². The van der Waals surface area contributed by atoms with Gasteiger partial charge in [0.2, 0.25) is 11.8 Å². The molecule has 1 fully saturated rings. The highest BCUT2D eigenvalue weighted by Crippen LogP contribution is 2.24. The number of halogens is 1. The van der Waals surface area contributed by atoms with Gasteiger partial charge in [0.15, 0.2) is 0 Å². The molecule has 1 atom stereocenters. The van der Waals surface area contributed by atoms with Crippen molar-refractivity contribution < 1.29 is 18.8 Å². The highest BCUT2D eigenvalue weighted by atomic mass is 19.1. The van der Waals surface area contributed by atoms with Gasteiger partial charge >= 0.3 is 0 Å². The molecule has 6 nitrogen and oxygen atoms in total. The summed E-state index contributed by atoms with van der Waals surface area (Å²) in [5.41, 5.74) is 4.99. The lowest BCUT2D eigenvalue weighted by Crippen LogP contribution is -2.45. The molecule has 1 aliphatic rings. The molecule has 0 aromatic heterocycles. The van der Waals surface area contributed by atoms with E-state index in [1.54, 1.807) is 12.1 Å². The third kappa shape index (κ3) is 3.65. The summed E-state index contributed by atoms with van der Waals surface area (Å²) < 4.78 is 13.5. The van der Waals surface area contributed by atoms with Crippen LogP contribution in [0, 0.1) is 11.7 Å². The molecule has 1 aliphatic heterocycles. The van der Waals surface area contributed by atoms with Gasteiger partial charge in [0.05, 0.1) is 11.5 Å². The fourth-order valence-corrected chi connectivity index (χ4v) is 2.67. The quantitative estimate of drug-likeness (QED) is 0.833. The first-order chi connectivity index (χ1) is 12.1. The van der Waals surface area contributed by atoms with E-state index < -0.39 is 23.5 Å². The Hall–Kier alpha value is -3.22. The van der Waals surface area contributed by atoms with Gasteiger partial charge in [0, 0.05) is 18.7 Å². The van der Waals surface area contributed by atoms with Crippen LogP contribution in [0.3, 0.4) is 0 Å². The fourth-order valence-electron chi connectivity index (χ4n) is 2.67. The van der Waals surface area contributed by atoms with Gasteiger partial charge in [-0.1, -0.05) is 30.3 Å². The van der Waals surface area contributed by atoms with E-state index in [0.717, 1.165) is 11.8 Å². The molecule has 128 valence electrons. The third-order valence-electron chi connectivity index (χ3n) is 3.98. The molecule has 0 saturated carbocycles. The molecular formula is C18H16FN3O3. The van der Waals surface area contributed by atoms with Crippen molar-refractivity contribution in [1.29, 1.82) is 0 Å². The number of para-hydroxylation sites is 1. The van der Waals surface area contributed by atoms with Gasteiger partial charge < -0.3 is 4.90 Å². The maximum Gasteiger partial charge on any atom is 0.272 e. The molecule has 0 bridgehead atoms. The second-order valence-electron chi connectivity index (χ2n) is 5.66. The summed E-state index contributed by atoms with van der Waals surface area (Å²) >= 11 is 0. The average molecular weight is 341 g/mol. The van der Waals surface area contributed by atoms with Crippen molar-refractivity contribution in [2.24, 2.45) is 5.92 Å². The first-order valence-corrected chi connectivity index (χ1v) is 7.76. The molecule has 1 saturated heterocycles. The Morgan fingerprint density at radius 2 is 1.68 bits per heavy atom. The fraction of sp³-hybridized carbons (Fsp3) is 0.167. The highest BCUT2D eigenvalue weighted by molar-refractivity contribution is 6.01. The lowest BCUT2D eigenvalue weighted by molar-refractivity contribution is -0.126. The molecule has 0 radical (unpaired) electrons. The minimum atomic E-state index is -0.754. The van der Waals surface area contributed by atoms with Crippen LogP contribution in [0.4, 0.5) is 10.1 Å². The van der Waals surface area contributed by atoms with Gasteiger partial charge in [-0.15, -0.1) is 0 Å². The van der Waals surface area contributed by atoms with Gasteiger partial charge in [-0.3, -0.25) is 25.2 Å². The zero-order valence-electron chi connectivity index (χ0n) is 13.2. The Kier molecular flexibility index (Phi) is 4.74. The Morgan fingerprint density at radius 1 is 1.00 bits per heavy atom. The van der Waals surface area contributed by atoms with Crippen molar-refractivity contribution in [3.8, 4) is 0 Å². The van der Waals surface area contributed by atoms with E-state index in [-0.39, 0.29) is 24.4 Å². The number of hydrogen-bond acceptors (Lipinski definition) is 3. The molecule has 0 aliphatic carbocycles. The van der Waals surface area contributed by atoms with Crippen LogP contribution in [0.25, 0.3) is 0 Å². The average Bonchev–Trinajstić information content (AvgIpc) is 3.02. The number of hydrazine groups is 1. The topological polar surface area (TPSA) is 78.5 Å². The number of anilines is 1. The maximum absolute atomic E-state index is 13.5. The van der Waals surface area contributed by atoms with Crippen LogP contribution in [0.15, 0.2) is 54.6 Å². The Bertz CT molecular complexity index is 810. The smallest absolute Gasteiger partial charge is 0.272 e. The van der Waals surface area contributed by atoms with E-state index >= 15 is 0 Å². The molecule has 0 unspecified atom stereocenters. The van der Waals surface area contributed by atoms with Crippen molar-refractivity contribution in [3.63, 3.8) is 0 Å². The number of rotatable bonds is 3. The molecular weight excluding hydrogens is 325 g/mol. The lowest BCUT2D eigenvalue weighted by atomic mass is 10.1. The van der Waals surface area contributed by atoms with Gasteiger partial charge in [0.1, 0.15) is 5.82 Å². The number of carbonyl (C=O) groups excluding carboxylic acids is 3. The minimum Gasteiger partial charge on any atom is -0.312 e. The summed E-state index contributed by atoms with van der Waals surface area (Å²) in [4.78, 5) is 37.7. The standard InChI is InChI=1S/C18H16FN3O3/c19-15-9-5-4-8-14(15)18(25)21-20-17(24)12-10-16(23)22(11-12)13-6-2-1-3-7-13/h1-9,12H,10-11H2,(H,20,24)(H,21,25)/t12-/m0/s1. The van der Waals surface area contributed by atoms with Crippen LogP contribution in [0.1, 0.15) is 16.8 Å². The second kappa shape index (κ2) is 7.12. The summed E-state index contributed by atoms with van der Waals surface area (Å²) in [5.74, 6) is -2.67. The predicted octanol–water partition coefficient (Wildman–Crippen LogP) is 1.64. The van der Waals surface area contributed by atoms with Crippen LogP contribution < -0.4 is 15.8 Å². The number of hydrogen-bond donors (Lipinski definition) is 2. The van der Waals surface area contributed by atoms with Gasteiger partial charge in [0.25, 0.3) is 5.91 Å². The number of nitrogens with zero attached hydrogens (tertiary/aromatic N) is 1. The van der Waals surface area contributed by atoms with Crippen molar-refractivity contribution in [3.05, 3.63) is 66.0 Å². The largest absolute Gasteiger partial charge is 0.312 e. The Labute approximate surface area is 143 Å². The van der Waals surface area contributed by atoms with E-state index in [1.165, 1.54) is 23.1 Å². The SMILES string of the molecule is O=C(NNC(=O)[C@H]1CC(=O)N(c2ccccc2)C1)c1ccccc1F. The van der Waals surface area contributed by atoms with E-state index in [4.69, 9.17) is 0 Å². The molecule has 3 amide bonds. The van der Waals surface area contributed by atoms with E-state index in [2.05, 4.69) is 10.9 Å². The Morgan fingerprint density at radius 3 is 2.40 bits per heavy atom. The summed E-state index contributed by atoms with van der Waals surface area (Å²) in [5, 5.41) is 0. The monoisotopic (exact) mass is 341 g/mol. The van der Waals surface area contributed by atoms with E-state index in [9.17, 15) is 18.8 Å². The van der Waals surface area contributed by atoms with Crippen LogP contribution in [0.5, 0.6) is 0 Å². The first-order valence-electron chi connectivity index (χ1n) is 7.76. The first kappa shape index (κ1) is 16.6. The number of nitrogens with one attached hydrogen (secondary N) is 2. The normalized spacial score (nSPS) is 16.6. The van der Waals surface area contributed by atoms with E-state index in [0.29, 0.717) is 0 Å². The molecule has 7 heteroatoms. The summed E-state index contributed by atoms with van der Waals surface area (Å²) in [7, 11) is 0. The summed E-state index contributed by atoms with van der Waals surface area (Å²) in [6.45, 7) is 0.226. The van der Waals surface area contributed by atoms with Crippen molar-refractivity contribution in [1.82, 2.24) is 10.9 Å². The molecule has 2 aromatic carbocycles. The second-order valence-corrected chi connectivity index (χ2v) is 5.66. The number of benzene rings is 2. The number of amides is 3. The van der Waals surface area contributed by atoms with Crippen molar-refractivity contribution in [2.75, 3.05) is 11.4 Å². The van der Waals surface area contributed by atoms with Crippen LogP contribution >= 0.6 is 0 Å². The maximum atomic E-state index is 13.5. The number of carbonyl (C=O) groups is 3. The Balaban J connectivity index is 1.58. The third-order valence-corrected chi connectivity index (χ3v) is 3.98. The predicted molar refractivity (Wildman–Crippen MR) is 88.9 cm³/mol. The molecule has 2 N–H and O–H groups in total. The molecule has 2 aromatic rings. The highest BCUT2D eigenvalue weighted by Gasteiger charge is 2.35. The zero-order chi connectivity index (χ0) is 17.8. The van der Waals surface area contributed by atoms with Crippen molar-refractivity contribution >= 4 is 23.4 Å². The summed E-state index contributed by atoms with van der Waals surface area (Å²) in [6.07, 6.45) is 0.0519. The molecule has 0 spiro atoms. The zero-order valence-corrected chi connectivity index (χ0v) is 13.2. The van der Waals surface area contributed by atoms with Crippen LogP contribution in [-0.2, 0) is 9.59 Å². The molecule has 3 rings (SSSR count). The van der Waals surface area contributed by atoms with Gasteiger partial charge in [-0.05, 0) is 24.3 Å². The van der Waals surface area contributed by atoms with Crippen molar-refractivity contribution in [2.45, 2.75) is 6.42 Å². The molecule has 1 heterocycles. The van der Waals surface area contributed by atoms with Crippen LogP contribution in [0.2, 0.25) is 0 Å². The van der Waals surface area contributed by atoms with Gasteiger partial charge in [-0.25, -0.2) is 4.39 Å².